The van der Waals surface area contributed by atoms with E-state index in [0.29, 0.717) is 29.7 Å². The van der Waals surface area contributed by atoms with Crippen LogP contribution in [0.4, 0.5) is 5.95 Å². The lowest BCUT2D eigenvalue weighted by Crippen LogP contribution is -2.22. The molecule has 1 aromatic heterocycles. The van der Waals surface area contributed by atoms with E-state index in [1.807, 2.05) is 72.8 Å². The maximum absolute atomic E-state index is 12.7. The number of nitrogens with one attached hydrogen (secondary N) is 1. The zero-order valence-electron chi connectivity index (χ0n) is 17.4. The van der Waals surface area contributed by atoms with E-state index >= 15 is 0 Å². The van der Waals surface area contributed by atoms with Crippen LogP contribution in [0.2, 0.25) is 0 Å². The number of rotatable bonds is 4. The molecule has 5 rings (SSSR count). The van der Waals surface area contributed by atoms with Crippen molar-refractivity contribution in [2.75, 3.05) is 5.32 Å². The summed E-state index contributed by atoms with van der Waals surface area (Å²) in [6, 6.07) is 27.4. The molecule has 1 N–H and O–H groups in total. The van der Waals surface area contributed by atoms with Gasteiger partial charge in [0.05, 0.1) is 11.3 Å². The first-order valence-corrected chi connectivity index (χ1v) is 10.6. The molecule has 156 valence electrons. The summed E-state index contributed by atoms with van der Waals surface area (Å²) in [6.45, 7) is 0. The number of fused-ring (bicyclic) bond motifs is 1. The van der Waals surface area contributed by atoms with E-state index < -0.39 is 0 Å². The smallest absolute Gasteiger partial charge is 0.258 e. The second-order valence-electron chi connectivity index (χ2n) is 7.89. The number of anilines is 1. The Balaban J connectivity index is 1.33. The van der Waals surface area contributed by atoms with E-state index in [1.54, 1.807) is 12.1 Å². The van der Waals surface area contributed by atoms with Crippen molar-refractivity contribution in [3.05, 3.63) is 114 Å². The summed E-state index contributed by atoms with van der Waals surface area (Å²) in [5, 5.41) is 2.76. The topological polar surface area (TPSA) is 72.0 Å². The molecule has 1 amide bonds. The lowest BCUT2D eigenvalue weighted by molar-refractivity contribution is 0.0962. The monoisotopic (exact) mass is 419 g/mol. The summed E-state index contributed by atoms with van der Waals surface area (Å²) in [5.41, 5.74) is 4.99. The molecule has 5 heteroatoms. The van der Waals surface area contributed by atoms with Crippen LogP contribution in [-0.4, -0.2) is 21.7 Å². The summed E-state index contributed by atoms with van der Waals surface area (Å²) in [7, 11) is 0. The molecule has 3 aromatic carbocycles. The van der Waals surface area contributed by atoms with E-state index in [2.05, 4.69) is 15.3 Å². The Hall–Kier alpha value is -4.12. The minimum absolute atomic E-state index is 0.0366. The van der Waals surface area contributed by atoms with Gasteiger partial charge in [-0.2, -0.15) is 0 Å². The van der Waals surface area contributed by atoms with Gasteiger partial charge in [0.25, 0.3) is 5.91 Å². The summed E-state index contributed by atoms with van der Waals surface area (Å²) < 4.78 is 0. The van der Waals surface area contributed by atoms with Gasteiger partial charge in [-0.15, -0.1) is 0 Å². The SMILES string of the molecule is O=C(Nc1ncc2c(n1)CC(c1ccccc1)CC2=O)c1ccc(-c2ccccc2)cc1. The number of hydrogen-bond acceptors (Lipinski definition) is 4. The van der Waals surface area contributed by atoms with Gasteiger partial charge in [0.1, 0.15) is 0 Å². The predicted octanol–water partition coefficient (Wildman–Crippen LogP) is 5.31. The van der Waals surface area contributed by atoms with Gasteiger partial charge in [0.15, 0.2) is 5.78 Å². The molecule has 0 fully saturated rings. The first-order chi connectivity index (χ1) is 15.7. The van der Waals surface area contributed by atoms with Crippen molar-refractivity contribution < 1.29 is 9.59 Å². The molecule has 32 heavy (non-hydrogen) atoms. The quantitative estimate of drug-likeness (QED) is 0.487. The Morgan fingerprint density at radius 2 is 1.47 bits per heavy atom. The number of amides is 1. The van der Waals surface area contributed by atoms with Crippen LogP contribution in [0.15, 0.2) is 91.1 Å². The molecule has 1 aliphatic carbocycles. The van der Waals surface area contributed by atoms with Gasteiger partial charge in [0.2, 0.25) is 5.95 Å². The van der Waals surface area contributed by atoms with Crippen LogP contribution < -0.4 is 5.32 Å². The second kappa shape index (κ2) is 8.55. The maximum atomic E-state index is 12.7. The second-order valence-corrected chi connectivity index (χ2v) is 7.89. The molecule has 0 radical (unpaired) electrons. The molecular weight excluding hydrogens is 398 g/mol. The van der Waals surface area contributed by atoms with E-state index in [9.17, 15) is 9.59 Å². The fraction of sp³-hybridized carbons (Fsp3) is 0.111. The van der Waals surface area contributed by atoms with Crippen LogP contribution in [0.1, 0.15) is 44.3 Å². The highest BCUT2D eigenvalue weighted by Crippen LogP contribution is 2.31. The molecule has 1 atom stereocenters. The predicted molar refractivity (Wildman–Crippen MR) is 124 cm³/mol. The van der Waals surface area contributed by atoms with Crippen LogP contribution in [0.5, 0.6) is 0 Å². The fourth-order valence-electron chi connectivity index (χ4n) is 4.08. The van der Waals surface area contributed by atoms with Crippen LogP contribution in [0.25, 0.3) is 11.1 Å². The minimum Gasteiger partial charge on any atom is -0.294 e. The van der Waals surface area contributed by atoms with Crippen LogP contribution in [-0.2, 0) is 6.42 Å². The van der Waals surface area contributed by atoms with Crippen LogP contribution in [0.3, 0.4) is 0 Å². The highest BCUT2D eigenvalue weighted by atomic mass is 16.1. The first-order valence-electron chi connectivity index (χ1n) is 10.6. The van der Waals surface area contributed by atoms with E-state index in [-0.39, 0.29) is 23.6 Å². The van der Waals surface area contributed by atoms with E-state index in [1.165, 1.54) is 6.20 Å². The Bertz CT molecular complexity index is 1270. The van der Waals surface area contributed by atoms with Crippen molar-refractivity contribution in [3.63, 3.8) is 0 Å². The van der Waals surface area contributed by atoms with Gasteiger partial charge in [0, 0.05) is 18.2 Å². The molecule has 1 heterocycles. The minimum atomic E-state index is -0.286. The van der Waals surface area contributed by atoms with Crippen molar-refractivity contribution in [2.45, 2.75) is 18.8 Å². The number of hydrogen-bond donors (Lipinski definition) is 1. The van der Waals surface area contributed by atoms with Crippen molar-refractivity contribution in [2.24, 2.45) is 0 Å². The van der Waals surface area contributed by atoms with Gasteiger partial charge in [-0.25, -0.2) is 9.97 Å². The summed E-state index contributed by atoms with van der Waals surface area (Å²) >= 11 is 0. The molecular formula is C27H21N3O2. The van der Waals surface area contributed by atoms with Crippen LogP contribution in [0, 0.1) is 0 Å². The first kappa shape index (κ1) is 19.8. The van der Waals surface area contributed by atoms with Gasteiger partial charge in [-0.05, 0) is 41.2 Å². The molecule has 5 nitrogen and oxygen atoms in total. The molecule has 0 saturated heterocycles. The van der Waals surface area contributed by atoms with Crippen molar-refractivity contribution >= 4 is 17.6 Å². The number of carbonyl (C=O) groups excluding carboxylic acids is 2. The Morgan fingerprint density at radius 1 is 0.812 bits per heavy atom. The number of nitrogens with zero attached hydrogens (tertiary/aromatic N) is 2. The Labute approximate surface area is 186 Å². The van der Waals surface area contributed by atoms with Gasteiger partial charge in [-0.3, -0.25) is 14.9 Å². The lowest BCUT2D eigenvalue weighted by Gasteiger charge is -2.23. The lowest BCUT2D eigenvalue weighted by atomic mass is 9.82. The largest absolute Gasteiger partial charge is 0.294 e. The van der Waals surface area contributed by atoms with Crippen molar-refractivity contribution in [1.82, 2.24) is 9.97 Å². The highest BCUT2D eigenvalue weighted by Gasteiger charge is 2.28. The maximum Gasteiger partial charge on any atom is 0.258 e. The summed E-state index contributed by atoms with van der Waals surface area (Å²) in [6.07, 6.45) is 2.61. The summed E-state index contributed by atoms with van der Waals surface area (Å²) in [4.78, 5) is 34.0. The zero-order chi connectivity index (χ0) is 21.9. The standard InChI is InChI=1S/C27H21N3O2/c31-25-16-22(19-9-5-2-6-10-19)15-24-23(25)17-28-27(29-24)30-26(32)21-13-11-20(12-14-21)18-7-3-1-4-8-18/h1-14,17,22H,15-16H2,(H,28,29,30,32). The molecule has 4 aromatic rings. The van der Waals surface area contributed by atoms with Crippen molar-refractivity contribution in [3.8, 4) is 11.1 Å². The molecule has 1 unspecified atom stereocenters. The molecule has 0 bridgehead atoms. The van der Waals surface area contributed by atoms with Gasteiger partial charge >= 0.3 is 0 Å². The number of Topliss-reactive ketones (excluding diaryl/α,β-unsaturated/α-hetero) is 1. The highest BCUT2D eigenvalue weighted by molar-refractivity contribution is 6.04. The molecule has 0 spiro atoms. The van der Waals surface area contributed by atoms with Crippen LogP contribution >= 0.6 is 0 Å². The third-order valence-electron chi connectivity index (χ3n) is 5.79. The van der Waals surface area contributed by atoms with Gasteiger partial charge < -0.3 is 0 Å². The number of carbonyl (C=O) groups is 2. The molecule has 0 aliphatic heterocycles. The Kier molecular flexibility index (Phi) is 5.30. The van der Waals surface area contributed by atoms with E-state index in [0.717, 1.165) is 16.7 Å². The number of aromatic nitrogens is 2. The average Bonchev–Trinajstić information content (AvgIpc) is 2.85. The van der Waals surface area contributed by atoms with Gasteiger partial charge in [-0.1, -0.05) is 72.8 Å². The van der Waals surface area contributed by atoms with E-state index in [4.69, 9.17) is 0 Å². The number of benzene rings is 3. The fourth-order valence-corrected chi connectivity index (χ4v) is 4.08. The Morgan fingerprint density at radius 3 is 2.19 bits per heavy atom. The van der Waals surface area contributed by atoms with Crippen molar-refractivity contribution in [1.29, 1.82) is 0 Å². The molecule has 0 saturated carbocycles. The molecule has 1 aliphatic rings. The third kappa shape index (κ3) is 4.05. The average molecular weight is 419 g/mol. The zero-order valence-corrected chi connectivity index (χ0v) is 17.4. The summed E-state index contributed by atoms with van der Waals surface area (Å²) in [5.74, 6) is 0.0448. The third-order valence-corrected chi connectivity index (χ3v) is 5.79. The number of ketones is 1. The normalized spacial score (nSPS) is 15.1.